The molecule has 1 aromatic rings. The quantitative estimate of drug-likeness (QED) is 0.775. The van der Waals surface area contributed by atoms with Crippen molar-refractivity contribution >= 4 is 33.5 Å². The zero-order chi connectivity index (χ0) is 14.7. The van der Waals surface area contributed by atoms with Crippen molar-refractivity contribution in [2.24, 2.45) is 0 Å². The van der Waals surface area contributed by atoms with Gasteiger partial charge in [-0.3, -0.25) is 4.79 Å². The number of carboxylic acid groups (broad SMARTS) is 1. The Morgan fingerprint density at radius 3 is 2.60 bits per heavy atom. The molecule has 1 saturated carbocycles. The summed E-state index contributed by atoms with van der Waals surface area (Å²) in [6.45, 7) is 0. The smallest absolute Gasteiger partial charge is 0.321 e. The van der Waals surface area contributed by atoms with Crippen LogP contribution in [-0.2, 0) is 11.2 Å². The molecule has 0 bridgehead atoms. The molecule has 5 heteroatoms. The highest BCUT2D eigenvalue weighted by Crippen LogP contribution is 2.38. The number of hydrogen-bond acceptors (Lipinski definition) is 1. The van der Waals surface area contributed by atoms with Crippen LogP contribution >= 0.6 is 27.5 Å². The Morgan fingerprint density at radius 2 is 2.05 bits per heavy atom. The number of alkyl halides is 1. The lowest BCUT2D eigenvalue weighted by Gasteiger charge is -2.24. The second-order valence-corrected chi connectivity index (χ2v) is 6.70. The van der Waals surface area contributed by atoms with Gasteiger partial charge in [0, 0.05) is 10.0 Å². The predicted molar refractivity (Wildman–Crippen MR) is 80.9 cm³/mol. The van der Waals surface area contributed by atoms with E-state index in [-0.39, 0.29) is 18.2 Å². The van der Waals surface area contributed by atoms with E-state index >= 15 is 0 Å². The third kappa shape index (κ3) is 3.73. The van der Waals surface area contributed by atoms with Crippen LogP contribution in [0.15, 0.2) is 16.6 Å². The summed E-state index contributed by atoms with van der Waals surface area (Å²) in [5.74, 6) is -1.08. The summed E-state index contributed by atoms with van der Waals surface area (Å²) in [5.41, 5.74) is 1.34. The summed E-state index contributed by atoms with van der Waals surface area (Å²) < 4.78 is 15.1. The maximum absolute atomic E-state index is 14.3. The van der Waals surface area contributed by atoms with Crippen molar-refractivity contribution in [2.45, 2.75) is 49.8 Å². The molecule has 0 aliphatic heterocycles. The van der Waals surface area contributed by atoms with E-state index in [1.807, 2.05) is 0 Å². The van der Waals surface area contributed by atoms with Crippen molar-refractivity contribution < 1.29 is 14.3 Å². The first kappa shape index (κ1) is 15.8. The van der Waals surface area contributed by atoms with Gasteiger partial charge < -0.3 is 5.11 Å². The molecule has 1 aliphatic carbocycles. The van der Waals surface area contributed by atoms with Crippen LogP contribution < -0.4 is 0 Å². The van der Waals surface area contributed by atoms with Crippen LogP contribution in [0, 0.1) is 5.82 Å². The first-order chi connectivity index (χ1) is 9.49. The van der Waals surface area contributed by atoms with Crippen molar-refractivity contribution in [1.82, 2.24) is 0 Å². The molecule has 0 heterocycles. The molecule has 1 aromatic carbocycles. The lowest BCUT2D eigenvalue weighted by atomic mass is 9.83. The number of rotatable bonds is 4. The summed E-state index contributed by atoms with van der Waals surface area (Å²) in [5, 5.41) is 7.78. The van der Waals surface area contributed by atoms with E-state index < -0.39 is 11.3 Å². The largest absolute Gasteiger partial charge is 0.480 e. The van der Waals surface area contributed by atoms with Gasteiger partial charge in [-0.25, -0.2) is 4.39 Å². The Labute approximate surface area is 131 Å². The number of hydrogen-bond donors (Lipinski definition) is 1. The Bertz CT molecular complexity index is 478. The van der Waals surface area contributed by atoms with Crippen molar-refractivity contribution in [1.29, 1.82) is 0 Å². The summed E-state index contributed by atoms with van der Waals surface area (Å²) in [6, 6.07) is 3.22. The van der Waals surface area contributed by atoms with E-state index in [0.29, 0.717) is 5.56 Å². The van der Waals surface area contributed by atoms with Gasteiger partial charge in [-0.15, -0.1) is 11.6 Å². The van der Waals surface area contributed by atoms with Gasteiger partial charge in [0.1, 0.15) is 11.2 Å². The second-order valence-electron chi connectivity index (χ2n) is 5.32. The SMILES string of the molecule is O=C(O)C(Cl)Cc1cc(F)c(C2CCCCC2)c(Br)c1. The fourth-order valence-electron chi connectivity index (χ4n) is 2.83. The fraction of sp³-hybridized carbons (Fsp3) is 0.533. The molecule has 1 aliphatic rings. The normalized spacial score (nSPS) is 17.9. The standard InChI is InChI=1S/C15H17BrClFO2/c16-11-6-9(7-12(17)15(19)20)8-13(18)14(11)10-4-2-1-3-5-10/h6,8,10,12H,1-5,7H2,(H,19,20). The minimum absolute atomic E-state index is 0.122. The highest BCUT2D eigenvalue weighted by atomic mass is 79.9. The van der Waals surface area contributed by atoms with Crippen LogP contribution in [0.5, 0.6) is 0 Å². The Hall–Kier alpha value is -0.610. The van der Waals surface area contributed by atoms with Crippen LogP contribution in [0.2, 0.25) is 0 Å². The van der Waals surface area contributed by atoms with E-state index in [0.717, 1.165) is 35.7 Å². The molecule has 0 spiro atoms. The molecule has 0 aromatic heterocycles. The molecule has 2 rings (SSSR count). The summed E-state index contributed by atoms with van der Waals surface area (Å²) in [6.07, 6.45) is 5.66. The van der Waals surface area contributed by atoms with E-state index in [2.05, 4.69) is 15.9 Å². The second kappa shape index (κ2) is 6.90. The topological polar surface area (TPSA) is 37.3 Å². The number of benzene rings is 1. The number of carboxylic acids is 1. The number of aliphatic carboxylic acids is 1. The molecule has 1 unspecified atom stereocenters. The van der Waals surface area contributed by atoms with Gasteiger partial charge >= 0.3 is 5.97 Å². The van der Waals surface area contributed by atoms with E-state index in [1.54, 1.807) is 6.07 Å². The van der Waals surface area contributed by atoms with Gasteiger partial charge in [0.25, 0.3) is 0 Å². The van der Waals surface area contributed by atoms with Gasteiger partial charge in [-0.2, -0.15) is 0 Å². The van der Waals surface area contributed by atoms with Crippen LogP contribution in [0.3, 0.4) is 0 Å². The van der Waals surface area contributed by atoms with Gasteiger partial charge in [0.15, 0.2) is 0 Å². The van der Waals surface area contributed by atoms with Gasteiger partial charge in [0.05, 0.1) is 0 Å². The van der Waals surface area contributed by atoms with E-state index in [4.69, 9.17) is 16.7 Å². The van der Waals surface area contributed by atoms with Gasteiger partial charge in [-0.1, -0.05) is 35.2 Å². The van der Waals surface area contributed by atoms with Crippen LogP contribution in [0.25, 0.3) is 0 Å². The van der Waals surface area contributed by atoms with Gasteiger partial charge in [0.2, 0.25) is 0 Å². The number of halogens is 3. The highest BCUT2D eigenvalue weighted by Gasteiger charge is 2.23. The highest BCUT2D eigenvalue weighted by molar-refractivity contribution is 9.10. The van der Waals surface area contributed by atoms with Crippen LogP contribution in [0.4, 0.5) is 4.39 Å². The zero-order valence-electron chi connectivity index (χ0n) is 11.0. The molecule has 1 atom stereocenters. The minimum atomic E-state index is -1.08. The molecule has 20 heavy (non-hydrogen) atoms. The monoisotopic (exact) mass is 362 g/mol. The molecule has 1 fully saturated rings. The van der Waals surface area contributed by atoms with Gasteiger partial charge in [-0.05, 0) is 42.9 Å². The Balaban J connectivity index is 2.22. The average molecular weight is 364 g/mol. The average Bonchev–Trinajstić information content (AvgIpc) is 2.39. The Kier molecular flexibility index (Phi) is 5.44. The van der Waals surface area contributed by atoms with Crippen molar-refractivity contribution in [2.75, 3.05) is 0 Å². The molecule has 1 N–H and O–H groups in total. The maximum atomic E-state index is 14.3. The molecular weight excluding hydrogens is 347 g/mol. The van der Waals surface area contributed by atoms with E-state index in [9.17, 15) is 9.18 Å². The third-order valence-corrected chi connectivity index (χ3v) is 4.83. The summed E-state index contributed by atoms with van der Waals surface area (Å²) in [4.78, 5) is 10.8. The molecular formula is C15H17BrClFO2. The van der Waals surface area contributed by atoms with Crippen molar-refractivity contribution in [3.8, 4) is 0 Å². The molecule has 0 amide bonds. The summed E-state index contributed by atoms with van der Waals surface area (Å²) in [7, 11) is 0. The molecule has 2 nitrogen and oxygen atoms in total. The lowest BCUT2D eigenvalue weighted by Crippen LogP contribution is -2.16. The summed E-state index contributed by atoms with van der Waals surface area (Å²) >= 11 is 9.14. The maximum Gasteiger partial charge on any atom is 0.321 e. The Morgan fingerprint density at radius 1 is 1.40 bits per heavy atom. The first-order valence-corrected chi connectivity index (χ1v) is 8.06. The zero-order valence-corrected chi connectivity index (χ0v) is 13.4. The lowest BCUT2D eigenvalue weighted by molar-refractivity contribution is -0.136. The van der Waals surface area contributed by atoms with Crippen molar-refractivity contribution in [3.05, 3.63) is 33.5 Å². The van der Waals surface area contributed by atoms with Crippen LogP contribution in [0.1, 0.15) is 49.1 Å². The fourth-order valence-corrected chi connectivity index (χ4v) is 3.82. The predicted octanol–water partition coefficient (Wildman–Crippen LogP) is 4.87. The van der Waals surface area contributed by atoms with Crippen LogP contribution in [-0.4, -0.2) is 16.5 Å². The molecule has 0 saturated heterocycles. The molecule has 110 valence electrons. The molecule has 0 radical (unpaired) electrons. The number of carbonyl (C=O) groups is 1. The first-order valence-electron chi connectivity index (χ1n) is 6.83. The van der Waals surface area contributed by atoms with Crippen molar-refractivity contribution in [3.63, 3.8) is 0 Å². The minimum Gasteiger partial charge on any atom is -0.480 e. The third-order valence-electron chi connectivity index (χ3n) is 3.84. The van der Waals surface area contributed by atoms with E-state index in [1.165, 1.54) is 12.5 Å².